The molecule has 1 aromatic rings. The molecule has 1 fully saturated rings. The number of para-hydroxylation sites is 1. The summed E-state index contributed by atoms with van der Waals surface area (Å²) in [4.78, 5) is 36.7. The van der Waals surface area contributed by atoms with E-state index >= 15 is 0 Å². The van der Waals surface area contributed by atoms with Crippen LogP contribution in [0.25, 0.3) is 0 Å². The number of rotatable bonds is 4. The van der Waals surface area contributed by atoms with Crippen LogP contribution < -0.4 is 16.0 Å². The predicted octanol–water partition coefficient (Wildman–Crippen LogP) is 2.46. The summed E-state index contributed by atoms with van der Waals surface area (Å²) in [5, 5.41) is 8.16. The van der Waals surface area contributed by atoms with Crippen molar-refractivity contribution in [1.82, 2.24) is 10.6 Å². The summed E-state index contributed by atoms with van der Waals surface area (Å²) >= 11 is 0. The van der Waals surface area contributed by atoms with Crippen molar-refractivity contribution in [3.05, 3.63) is 29.8 Å². The monoisotopic (exact) mass is 345 g/mol. The highest BCUT2D eigenvalue weighted by molar-refractivity contribution is 6.40. The molecule has 0 radical (unpaired) electrons. The number of hydrogen-bond acceptors (Lipinski definition) is 3. The van der Waals surface area contributed by atoms with Crippen LogP contribution in [0.4, 0.5) is 5.69 Å². The number of benzene rings is 1. The smallest absolute Gasteiger partial charge is 0.313 e. The van der Waals surface area contributed by atoms with E-state index in [9.17, 15) is 14.4 Å². The maximum absolute atomic E-state index is 12.2. The standard InChI is InChI=1S/C19H27N3O3/c1-12(2)20-17(23)14-9-5-7-11-16(14)22-19(25)18(24)21-15-10-6-4-8-13(15)3/h5,7,9,11-13,15H,4,6,8,10H2,1-3H3,(H,20,23)(H,21,24)(H,22,25)/t13-,15-/m0/s1. The third-order valence-electron chi connectivity index (χ3n) is 4.47. The second kappa shape index (κ2) is 8.65. The van der Waals surface area contributed by atoms with Crippen LogP contribution in [0.15, 0.2) is 24.3 Å². The number of carbonyl (C=O) groups is 3. The van der Waals surface area contributed by atoms with Gasteiger partial charge in [0.15, 0.2) is 0 Å². The number of nitrogens with one attached hydrogen (secondary N) is 3. The molecule has 0 aromatic heterocycles. The average Bonchev–Trinajstić information content (AvgIpc) is 2.56. The molecule has 1 aliphatic rings. The Kier molecular flexibility index (Phi) is 6.56. The van der Waals surface area contributed by atoms with Gasteiger partial charge in [0, 0.05) is 12.1 Å². The summed E-state index contributed by atoms with van der Waals surface area (Å²) in [5.74, 6) is -1.32. The van der Waals surface area contributed by atoms with Gasteiger partial charge in [-0.1, -0.05) is 31.9 Å². The van der Waals surface area contributed by atoms with E-state index in [2.05, 4.69) is 22.9 Å². The minimum atomic E-state index is -0.748. The van der Waals surface area contributed by atoms with E-state index in [1.165, 1.54) is 0 Å². The highest BCUT2D eigenvalue weighted by Crippen LogP contribution is 2.23. The molecule has 3 N–H and O–H groups in total. The Morgan fingerprint density at radius 1 is 1.04 bits per heavy atom. The molecular weight excluding hydrogens is 318 g/mol. The third-order valence-corrected chi connectivity index (χ3v) is 4.47. The van der Waals surface area contributed by atoms with Gasteiger partial charge in [-0.25, -0.2) is 0 Å². The average molecular weight is 345 g/mol. The first kappa shape index (κ1) is 19.0. The van der Waals surface area contributed by atoms with E-state index in [1.807, 2.05) is 13.8 Å². The first-order valence-electron chi connectivity index (χ1n) is 8.90. The summed E-state index contributed by atoms with van der Waals surface area (Å²) in [7, 11) is 0. The van der Waals surface area contributed by atoms with Crippen molar-refractivity contribution in [3.8, 4) is 0 Å². The highest BCUT2D eigenvalue weighted by atomic mass is 16.2. The third kappa shape index (κ3) is 5.31. The van der Waals surface area contributed by atoms with Gasteiger partial charge in [-0.05, 0) is 44.7 Å². The first-order valence-corrected chi connectivity index (χ1v) is 8.90. The summed E-state index contributed by atoms with van der Waals surface area (Å²) in [6.07, 6.45) is 4.19. The zero-order chi connectivity index (χ0) is 18.4. The zero-order valence-corrected chi connectivity index (χ0v) is 15.1. The molecule has 0 saturated heterocycles. The highest BCUT2D eigenvalue weighted by Gasteiger charge is 2.26. The molecule has 3 amide bonds. The van der Waals surface area contributed by atoms with Gasteiger partial charge in [0.1, 0.15) is 0 Å². The lowest BCUT2D eigenvalue weighted by Crippen LogP contribution is -2.46. The second-order valence-electron chi connectivity index (χ2n) is 6.97. The molecule has 6 nitrogen and oxygen atoms in total. The molecule has 1 aromatic carbocycles. The van der Waals surface area contributed by atoms with Gasteiger partial charge in [-0.3, -0.25) is 14.4 Å². The van der Waals surface area contributed by atoms with Gasteiger partial charge in [0.05, 0.1) is 11.3 Å². The SMILES string of the molecule is CC(C)NC(=O)c1ccccc1NC(=O)C(=O)N[C@H]1CCCC[C@@H]1C. The van der Waals surface area contributed by atoms with Gasteiger partial charge >= 0.3 is 11.8 Å². The van der Waals surface area contributed by atoms with Gasteiger partial charge in [0.25, 0.3) is 5.91 Å². The van der Waals surface area contributed by atoms with Crippen LogP contribution in [0.1, 0.15) is 56.8 Å². The van der Waals surface area contributed by atoms with Crippen LogP contribution in [-0.2, 0) is 9.59 Å². The van der Waals surface area contributed by atoms with Crippen LogP contribution in [-0.4, -0.2) is 29.8 Å². The van der Waals surface area contributed by atoms with Crippen LogP contribution >= 0.6 is 0 Å². The minimum Gasteiger partial charge on any atom is -0.350 e. The molecule has 1 aliphatic carbocycles. The number of carbonyl (C=O) groups excluding carboxylic acids is 3. The summed E-state index contributed by atoms with van der Waals surface area (Å²) < 4.78 is 0. The van der Waals surface area contributed by atoms with E-state index in [-0.39, 0.29) is 18.0 Å². The molecule has 0 spiro atoms. The van der Waals surface area contributed by atoms with Gasteiger partial charge in [0.2, 0.25) is 0 Å². The van der Waals surface area contributed by atoms with Crippen LogP contribution in [0.3, 0.4) is 0 Å². The second-order valence-corrected chi connectivity index (χ2v) is 6.97. The molecule has 0 aliphatic heterocycles. The molecule has 136 valence electrons. The van der Waals surface area contributed by atoms with Crippen molar-refractivity contribution in [2.75, 3.05) is 5.32 Å². The van der Waals surface area contributed by atoms with Crippen LogP contribution in [0.5, 0.6) is 0 Å². The quantitative estimate of drug-likeness (QED) is 0.733. The number of hydrogen-bond donors (Lipinski definition) is 3. The van der Waals surface area contributed by atoms with Crippen molar-refractivity contribution >= 4 is 23.4 Å². The summed E-state index contributed by atoms with van der Waals surface area (Å²) in [6, 6.07) is 6.68. The van der Waals surface area contributed by atoms with Crippen molar-refractivity contribution < 1.29 is 14.4 Å². The molecular formula is C19H27N3O3. The molecule has 2 atom stereocenters. The minimum absolute atomic E-state index is 0.0210. The Bertz CT molecular complexity index is 643. The lowest BCUT2D eigenvalue weighted by atomic mass is 9.86. The van der Waals surface area contributed by atoms with Gasteiger partial charge < -0.3 is 16.0 Å². The molecule has 0 heterocycles. The van der Waals surface area contributed by atoms with Crippen molar-refractivity contribution in [3.63, 3.8) is 0 Å². The van der Waals surface area contributed by atoms with Crippen LogP contribution in [0, 0.1) is 5.92 Å². The molecule has 1 saturated carbocycles. The molecule has 0 bridgehead atoms. The van der Waals surface area contributed by atoms with E-state index in [4.69, 9.17) is 0 Å². The lowest BCUT2D eigenvalue weighted by Gasteiger charge is -2.29. The maximum Gasteiger partial charge on any atom is 0.313 e. The predicted molar refractivity (Wildman–Crippen MR) is 97.2 cm³/mol. The van der Waals surface area contributed by atoms with E-state index in [1.54, 1.807) is 24.3 Å². The topological polar surface area (TPSA) is 87.3 Å². The normalized spacial score (nSPS) is 20.0. The van der Waals surface area contributed by atoms with E-state index < -0.39 is 11.8 Å². The van der Waals surface area contributed by atoms with Crippen LogP contribution in [0.2, 0.25) is 0 Å². The van der Waals surface area contributed by atoms with E-state index in [0.29, 0.717) is 17.2 Å². The molecule has 2 rings (SSSR count). The zero-order valence-electron chi connectivity index (χ0n) is 15.1. The van der Waals surface area contributed by atoms with Crippen molar-refractivity contribution in [2.45, 2.75) is 58.5 Å². The fourth-order valence-corrected chi connectivity index (χ4v) is 3.07. The van der Waals surface area contributed by atoms with Crippen molar-refractivity contribution in [1.29, 1.82) is 0 Å². The maximum atomic E-state index is 12.2. The Hall–Kier alpha value is -2.37. The largest absolute Gasteiger partial charge is 0.350 e. The number of amides is 3. The Morgan fingerprint density at radius 3 is 2.40 bits per heavy atom. The van der Waals surface area contributed by atoms with Gasteiger partial charge in [-0.15, -0.1) is 0 Å². The first-order chi connectivity index (χ1) is 11.9. The summed E-state index contributed by atoms with van der Waals surface area (Å²) in [5.41, 5.74) is 0.667. The summed E-state index contributed by atoms with van der Waals surface area (Å²) in [6.45, 7) is 5.81. The lowest BCUT2D eigenvalue weighted by molar-refractivity contribution is -0.137. The van der Waals surface area contributed by atoms with E-state index in [0.717, 1.165) is 25.7 Å². The Labute approximate surface area is 148 Å². The fourth-order valence-electron chi connectivity index (χ4n) is 3.07. The Balaban J connectivity index is 2.02. The number of anilines is 1. The Morgan fingerprint density at radius 2 is 1.72 bits per heavy atom. The van der Waals surface area contributed by atoms with Gasteiger partial charge in [-0.2, -0.15) is 0 Å². The molecule has 0 unspecified atom stereocenters. The fraction of sp³-hybridized carbons (Fsp3) is 0.526. The molecule has 25 heavy (non-hydrogen) atoms. The molecule has 6 heteroatoms. The van der Waals surface area contributed by atoms with Crippen molar-refractivity contribution in [2.24, 2.45) is 5.92 Å².